The van der Waals surface area contributed by atoms with Gasteiger partial charge < -0.3 is 0 Å². The van der Waals surface area contributed by atoms with E-state index in [2.05, 4.69) is 25.1 Å². The van der Waals surface area contributed by atoms with Crippen LogP contribution in [0.2, 0.25) is 18.1 Å². The summed E-state index contributed by atoms with van der Waals surface area (Å²) < 4.78 is 0. The van der Waals surface area contributed by atoms with Gasteiger partial charge in [0.1, 0.15) is 0 Å². The first-order chi connectivity index (χ1) is 9.33. The molecule has 1 saturated heterocycles. The van der Waals surface area contributed by atoms with E-state index in [4.69, 9.17) is 5.26 Å². The molecule has 2 rings (SSSR count). The van der Waals surface area contributed by atoms with Crippen LogP contribution < -0.4 is 0 Å². The first kappa shape index (κ1) is 14.3. The van der Waals surface area contributed by atoms with Crippen LogP contribution in [0.5, 0.6) is 0 Å². The van der Waals surface area contributed by atoms with Crippen LogP contribution in [0, 0.1) is 11.3 Å². The van der Waals surface area contributed by atoms with Crippen LogP contribution in [0.25, 0.3) is 0 Å². The maximum atomic E-state index is 8.83. The molecule has 2 heteroatoms. The second-order valence-corrected chi connectivity index (χ2v) is 8.72. The highest BCUT2D eigenvalue weighted by Gasteiger charge is 2.22. The Morgan fingerprint density at radius 2 is 1.84 bits per heavy atom. The van der Waals surface area contributed by atoms with Crippen LogP contribution in [0.15, 0.2) is 24.3 Å². The molecule has 1 aliphatic heterocycles. The van der Waals surface area contributed by atoms with Crippen LogP contribution in [0.1, 0.15) is 56.1 Å². The standard InChI is InChI=1S/C17H24NSi/c1-2-3-4-11-19-12-9-17(10-13-19)16-7-5-15(14-18)6-8-16/h5-8,17H,2-4,9-13H2,1H3. The van der Waals surface area contributed by atoms with Crippen molar-refractivity contribution in [2.24, 2.45) is 0 Å². The van der Waals surface area contributed by atoms with Crippen molar-refractivity contribution in [1.82, 2.24) is 0 Å². The Labute approximate surface area is 119 Å². The number of rotatable bonds is 5. The van der Waals surface area contributed by atoms with E-state index >= 15 is 0 Å². The van der Waals surface area contributed by atoms with Crippen molar-refractivity contribution in [3.63, 3.8) is 0 Å². The summed E-state index contributed by atoms with van der Waals surface area (Å²) >= 11 is 0. The molecule has 1 aromatic rings. The van der Waals surface area contributed by atoms with Gasteiger partial charge in [-0.2, -0.15) is 5.26 Å². The van der Waals surface area contributed by atoms with Crippen molar-refractivity contribution >= 4 is 8.80 Å². The molecule has 0 spiro atoms. The molecule has 0 unspecified atom stereocenters. The van der Waals surface area contributed by atoms with Gasteiger partial charge in [-0.25, -0.2) is 0 Å². The molecule has 1 aromatic carbocycles. The number of nitriles is 1. The van der Waals surface area contributed by atoms with E-state index in [0.717, 1.165) is 11.5 Å². The monoisotopic (exact) mass is 270 g/mol. The van der Waals surface area contributed by atoms with E-state index in [1.807, 2.05) is 12.1 Å². The number of hydrogen-bond donors (Lipinski definition) is 0. The Bertz CT molecular complexity index is 410. The number of nitrogens with zero attached hydrogens (tertiary/aromatic N) is 1. The van der Waals surface area contributed by atoms with E-state index in [9.17, 15) is 0 Å². The molecular formula is C17H24NSi. The van der Waals surface area contributed by atoms with Crippen molar-refractivity contribution in [3.8, 4) is 6.07 Å². The minimum Gasteiger partial charge on any atom is -0.192 e. The number of benzene rings is 1. The summed E-state index contributed by atoms with van der Waals surface area (Å²) in [5, 5.41) is 8.83. The lowest BCUT2D eigenvalue weighted by atomic mass is 9.93. The normalized spacial score (nSPS) is 17.3. The lowest BCUT2D eigenvalue weighted by Crippen LogP contribution is -2.20. The summed E-state index contributed by atoms with van der Waals surface area (Å²) in [6.45, 7) is 2.29. The van der Waals surface area contributed by atoms with E-state index in [-0.39, 0.29) is 8.80 Å². The zero-order chi connectivity index (χ0) is 13.5. The molecule has 1 heterocycles. The van der Waals surface area contributed by atoms with Crippen LogP contribution in [0.3, 0.4) is 0 Å². The third-order valence-electron chi connectivity index (χ3n) is 4.34. The minimum atomic E-state index is -0.0250. The highest BCUT2D eigenvalue weighted by molar-refractivity contribution is 6.59. The molecule has 0 aromatic heterocycles. The topological polar surface area (TPSA) is 23.8 Å². The smallest absolute Gasteiger partial charge is 0.0991 e. The third-order valence-corrected chi connectivity index (χ3v) is 7.39. The van der Waals surface area contributed by atoms with Gasteiger partial charge in [-0.1, -0.05) is 56.5 Å². The van der Waals surface area contributed by atoms with Crippen LogP contribution in [-0.4, -0.2) is 8.80 Å². The van der Waals surface area contributed by atoms with Crippen LogP contribution in [0.4, 0.5) is 0 Å². The van der Waals surface area contributed by atoms with Gasteiger partial charge in [-0.05, 0) is 36.5 Å². The fourth-order valence-electron chi connectivity index (χ4n) is 3.06. The predicted molar refractivity (Wildman–Crippen MR) is 82.8 cm³/mol. The molecule has 1 nitrogen and oxygen atoms in total. The first-order valence-electron chi connectivity index (χ1n) is 7.67. The molecule has 1 fully saturated rings. The summed E-state index contributed by atoms with van der Waals surface area (Å²) in [5.74, 6) is 0.757. The highest BCUT2D eigenvalue weighted by Crippen LogP contribution is 2.35. The summed E-state index contributed by atoms with van der Waals surface area (Å²) in [4.78, 5) is 0. The van der Waals surface area contributed by atoms with Gasteiger partial charge in [-0.15, -0.1) is 0 Å². The second kappa shape index (κ2) is 7.50. The molecule has 0 aliphatic carbocycles. The first-order valence-corrected chi connectivity index (χ1v) is 9.79. The molecule has 0 saturated carbocycles. The van der Waals surface area contributed by atoms with Crippen LogP contribution >= 0.6 is 0 Å². The largest absolute Gasteiger partial charge is 0.192 e. The van der Waals surface area contributed by atoms with Gasteiger partial charge in [-0.3, -0.25) is 0 Å². The van der Waals surface area contributed by atoms with Crippen molar-refractivity contribution in [2.75, 3.05) is 0 Å². The van der Waals surface area contributed by atoms with E-state index in [0.29, 0.717) is 0 Å². The van der Waals surface area contributed by atoms with Gasteiger partial charge in [0.05, 0.1) is 11.6 Å². The third kappa shape index (κ3) is 4.21. The second-order valence-electron chi connectivity index (χ2n) is 5.72. The summed E-state index contributed by atoms with van der Waals surface area (Å²) in [6.07, 6.45) is 7.00. The zero-order valence-corrected chi connectivity index (χ0v) is 13.0. The molecule has 19 heavy (non-hydrogen) atoms. The van der Waals surface area contributed by atoms with Crippen LogP contribution in [-0.2, 0) is 0 Å². The lowest BCUT2D eigenvalue weighted by Gasteiger charge is -2.27. The molecule has 0 N–H and O–H groups in total. The summed E-state index contributed by atoms with van der Waals surface area (Å²) in [5.41, 5.74) is 2.23. The molecular weight excluding hydrogens is 246 g/mol. The minimum absolute atomic E-state index is 0.0250. The predicted octanol–water partition coefficient (Wildman–Crippen LogP) is 5.12. The Kier molecular flexibility index (Phi) is 5.66. The molecule has 0 bridgehead atoms. The molecule has 101 valence electrons. The summed E-state index contributed by atoms with van der Waals surface area (Å²) in [7, 11) is -0.0250. The van der Waals surface area contributed by atoms with Gasteiger partial charge in [0.15, 0.2) is 0 Å². The maximum absolute atomic E-state index is 8.83. The molecule has 1 radical (unpaired) electrons. The number of unbranched alkanes of at least 4 members (excludes halogenated alkanes) is 2. The fraction of sp³-hybridized carbons (Fsp3) is 0.588. The Morgan fingerprint density at radius 1 is 1.16 bits per heavy atom. The molecule has 0 atom stereocenters. The van der Waals surface area contributed by atoms with Gasteiger partial charge in [0, 0.05) is 8.80 Å². The van der Waals surface area contributed by atoms with E-state index in [1.165, 1.54) is 49.8 Å². The zero-order valence-electron chi connectivity index (χ0n) is 12.0. The molecule has 0 amide bonds. The van der Waals surface area contributed by atoms with E-state index in [1.54, 1.807) is 6.04 Å². The van der Waals surface area contributed by atoms with Crippen molar-refractivity contribution < 1.29 is 0 Å². The average Bonchev–Trinajstić information content (AvgIpc) is 2.48. The number of hydrogen-bond acceptors (Lipinski definition) is 1. The average molecular weight is 270 g/mol. The van der Waals surface area contributed by atoms with Crippen molar-refractivity contribution in [3.05, 3.63) is 35.4 Å². The van der Waals surface area contributed by atoms with Gasteiger partial charge in [0.2, 0.25) is 0 Å². The van der Waals surface area contributed by atoms with Crippen molar-refractivity contribution in [2.45, 2.75) is 63.1 Å². The Balaban J connectivity index is 1.80. The maximum Gasteiger partial charge on any atom is 0.0991 e. The van der Waals surface area contributed by atoms with Gasteiger partial charge >= 0.3 is 0 Å². The summed E-state index contributed by atoms with van der Waals surface area (Å²) in [6, 6.07) is 15.0. The highest BCUT2D eigenvalue weighted by atomic mass is 28.3. The Hall–Kier alpha value is -1.07. The van der Waals surface area contributed by atoms with E-state index < -0.39 is 0 Å². The fourth-order valence-corrected chi connectivity index (χ4v) is 6.08. The lowest BCUT2D eigenvalue weighted by molar-refractivity contribution is 0.603. The SMILES string of the molecule is CCCCC[Si]1CCC(c2ccc(C#N)cc2)CC1. The molecule has 1 aliphatic rings. The quantitative estimate of drug-likeness (QED) is 0.538. The van der Waals surface area contributed by atoms with Gasteiger partial charge in [0.25, 0.3) is 0 Å². The Morgan fingerprint density at radius 3 is 2.42 bits per heavy atom. The van der Waals surface area contributed by atoms with Crippen molar-refractivity contribution in [1.29, 1.82) is 5.26 Å².